The summed E-state index contributed by atoms with van der Waals surface area (Å²) < 4.78 is 8.17. The Balaban J connectivity index is 1.72. The summed E-state index contributed by atoms with van der Waals surface area (Å²) in [5, 5.41) is 5.07. The van der Waals surface area contributed by atoms with E-state index in [1.165, 1.54) is 0 Å². The van der Waals surface area contributed by atoms with Crippen LogP contribution in [0, 0.1) is 0 Å². The van der Waals surface area contributed by atoms with Gasteiger partial charge in [0.2, 0.25) is 0 Å². The molecule has 3 rings (SSSR count). The molecule has 1 N–H and O–H groups in total. The maximum atomic E-state index is 12.4. The summed E-state index contributed by atoms with van der Waals surface area (Å²) in [5.74, 6) is 0.527. The third kappa shape index (κ3) is 3.74. The van der Waals surface area contributed by atoms with Crippen molar-refractivity contribution in [2.45, 2.75) is 6.92 Å². The smallest absolute Gasteiger partial charge is 0.287 e. The molecule has 0 radical (unpaired) electrons. The van der Waals surface area contributed by atoms with Gasteiger partial charge >= 0.3 is 0 Å². The lowest BCUT2D eigenvalue weighted by molar-refractivity contribution is 0.0947. The van der Waals surface area contributed by atoms with Gasteiger partial charge in [-0.1, -0.05) is 18.2 Å². The number of carbonyl (C=O) groups excluding carboxylic acids is 1. The lowest BCUT2D eigenvalue weighted by Gasteiger charge is -2.06. The fourth-order valence-corrected chi connectivity index (χ4v) is 3.11. The van der Waals surface area contributed by atoms with Crippen molar-refractivity contribution >= 4 is 39.0 Å². The number of carbonyl (C=O) groups is 1. The Hall–Kier alpha value is -2.60. The zero-order valence-corrected chi connectivity index (χ0v) is 15.6. The third-order valence-corrected chi connectivity index (χ3v) is 4.44. The number of para-hydroxylation sites is 1. The molecule has 0 aliphatic heterocycles. The van der Waals surface area contributed by atoms with Crippen LogP contribution < -0.4 is 10.2 Å². The molecule has 5 nitrogen and oxygen atoms in total. The maximum Gasteiger partial charge on any atom is 0.287 e. The number of hydrogen-bond acceptors (Lipinski definition) is 3. The molecule has 0 atom stereocenters. The third-order valence-electron chi connectivity index (χ3n) is 3.82. The first-order chi connectivity index (χ1) is 12.1. The average Bonchev–Trinajstić information content (AvgIpc) is 2.95. The van der Waals surface area contributed by atoms with Gasteiger partial charge in [-0.15, -0.1) is 0 Å². The number of ether oxygens (including phenoxy) is 1. The molecule has 0 fully saturated rings. The summed E-state index contributed by atoms with van der Waals surface area (Å²) >= 11 is 3.46. The van der Waals surface area contributed by atoms with Gasteiger partial charge in [-0.05, 0) is 58.7 Å². The number of hydrogen-bond donors (Lipinski definition) is 1. The molecule has 0 bridgehead atoms. The van der Waals surface area contributed by atoms with E-state index in [1.54, 1.807) is 6.21 Å². The van der Waals surface area contributed by atoms with E-state index >= 15 is 0 Å². The van der Waals surface area contributed by atoms with E-state index in [-0.39, 0.29) is 5.91 Å². The van der Waals surface area contributed by atoms with Crippen LogP contribution >= 0.6 is 15.9 Å². The van der Waals surface area contributed by atoms with Crippen molar-refractivity contribution in [1.82, 2.24) is 9.99 Å². The Morgan fingerprint density at radius 1 is 1.28 bits per heavy atom. The van der Waals surface area contributed by atoms with E-state index in [1.807, 2.05) is 67.1 Å². The highest BCUT2D eigenvalue weighted by Gasteiger charge is 2.12. The first-order valence-corrected chi connectivity index (χ1v) is 8.69. The van der Waals surface area contributed by atoms with Gasteiger partial charge in [-0.2, -0.15) is 5.10 Å². The summed E-state index contributed by atoms with van der Waals surface area (Å²) in [4.78, 5) is 12.4. The van der Waals surface area contributed by atoms with Crippen LogP contribution in [0.1, 0.15) is 23.0 Å². The van der Waals surface area contributed by atoms with Gasteiger partial charge in [0.1, 0.15) is 11.4 Å². The lowest BCUT2D eigenvalue weighted by Crippen LogP contribution is -2.20. The van der Waals surface area contributed by atoms with Crippen LogP contribution in [-0.2, 0) is 7.05 Å². The highest BCUT2D eigenvalue weighted by molar-refractivity contribution is 9.10. The molecule has 2 aromatic carbocycles. The van der Waals surface area contributed by atoms with Crippen LogP contribution in [-0.4, -0.2) is 23.3 Å². The molecule has 0 aliphatic carbocycles. The van der Waals surface area contributed by atoms with E-state index < -0.39 is 0 Å². The molecule has 0 unspecified atom stereocenters. The second-order valence-corrected chi connectivity index (χ2v) is 6.32. The molecule has 0 aliphatic rings. The van der Waals surface area contributed by atoms with Crippen molar-refractivity contribution in [3.05, 3.63) is 64.3 Å². The van der Waals surface area contributed by atoms with Crippen molar-refractivity contribution in [2.24, 2.45) is 12.1 Å². The Morgan fingerprint density at radius 2 is 2.08 bits per heavy atom. The maximum absolute atomic E-state index is 12.4. The van der Waals surface area contributed by atoms with Crippen molar-refractivity contribution in [3.63, 3.8) is 0 Å². The topological polar surface area (TPSA) is 55.6 Å². The number of hydrazone groups is 1. The minimum atomic E-state index is -0.250. The minimum absolute atomic E-state index is 0.250. The number of amides is 1. The van der Waals surface area contributed by atoms with Gasteiger partial charge in [0.05, 0.1) is 17.3 Å². The van der Waals surface area contributed by atoms with Crippen LogP contribution in [0.2, 0.25) is 0 Å². The summed E-state index contributed by atoms with van der Waals surface area (Å²) in [5.41, 5.74) is 4.99. The lowest BCUT2D eigenvalue weighted by atomic mass is 10.2. The van der Waals surface area contributed by atoms with Crippen LogP contribution in [0.15, 0.2) is 58.1 Å². The normalized spacial score (nSPS) is 11.2. The van der Waals surface area contributed by atoms with E-state index in [0.717, 1.165) is 26.7 Å². The minimum Gasteiger partial charge on any atom is -0.493 e. The fraction of sp³-hybridized carbons (Fsp3) is 0.158. The molecular weight excluding hydrogens is 382 g/mol. The Kier molecular flexibility index (Phi) is 5.19. The second-order valence-electron chi connectivity index (χ2n) is 5.47. The van der Waals surface area contributed by atoms with E-state index in [4.69, 9.17) is 4.74 Å². The number of nitrogens with one attached hydrogen (secondary N) is 1. The molecule has 0 saturated heterocycles. The fourth-order valence-electron chi connectivity index (χ4n) is 2.60. The molecule has 0 spiro atoms. The molecule has 3 aromatic rings. The average molecular weight is 400 g/mol. The quantitative estimate of drug-likeness (QED) is 0.518. The van der Waals surface area contributed by atoms with Gasteiger partial charge < -0.3 is 9.30 Å². The van der Waals surface area contributed by atoms with Gasteiger partial charge in [-0.3, -0.25) is 4.79 Å². The zero-order chi connectivity index (χ0) is 17.8. The summed E-state index contributed by atoms with van der Waals surface area (Å²) in [6.07, 6.45) is 1.60. The first kappa shape index (κ1) is 17.2. The van der Waals surface area contributed by atoms with Gasteiger partial charge in [0.15, 0.2) is 0 Å². The number of benzene rings is 2. The van der Waals surface area contributed by atoms with Crippen molar-refractivity contribution in [2.75, 3.05) is 6.61 Å². The first-order valence-electron chi connectivity index (χ1n) is 7.90. The summed E-state index contributed by atoms with van der Waals surface area (Å²) in [6, 6.07) is 15.3. The molecular formula is C19H18BrN3O2. The van der Waals surface area contributed by atoms with Crippen LogP contribution in [0.5, 0.6) is 5.75 Å². The highest BCUT2D eigenvalue weighted by Crippen LogP contribution is 2.25. The second kappa shape index (κ2) is 7.53. The Labute approximate surface area is 154 Å². The van der Waals surface area contributed by atoms with Gasteiger partial charge in [0, 0.05) is 18.0 Å². The number of fused-ring (bicyclic) bond motifs is 1. The standard InChI is InChI=1S/C19H18BrN3O2/c1-3-25-18-9-8-13(10-15(18)20)12-21-22-19(24)17-11-14-6-4-5-7-16(14)23(17)2/h4-12H,3H2,1-2H3,(H,22,24)/b21-12+. The number of halogens is 1. The predicted molar refractivity (Wildman–Crippen MR) is 103 cm³/mol. The largest absolute Gasteiger partial charge is 0.493 e. The van der Waals surface area contributed by atoms with Crippen molar-refractivity contribution in [3.8, 4) is 5.75 Å². The molecule has 1 amide bonds. The van der Waals surface area contributed by atoms with Gasteiger partial charge in [0.25, 0.3) is 5.91 Å². The number of rotatable bonds is 5. The SMILES string of the molecule is CCOc1ccc(/C=N/NC(=O)c2cc3ccccc3n2C)cc1Br. The molecule has 25 heavy (non-hydrogen) atoms. The monoisotopic (exact) mass is 399 g/mol. The number of aromatic nitrogens is 1. The van der Waals surface area contributed by atoms with E-state index in [9.17, 15) is 4.79 Å². The Bertz CT molecular complexity index is 947. The number of aryl methyl sites for hydroxylation is 1. The molecule has 128 valence electrons. The predicted octanol–water partition coefficient (Wildman–Crippen LogP) is 4.10. The molecule has 0 saturated carbocycles. The van der Waals surface area contributed by atoms with Crippen molar-refractivity contribution in [1.29, 1.82) is 0 Å². The van der Waals surface area contributed by atoms with Crippen molar-refractivity contribution < 1.29 is 9.53 Å². The van der Waals surface area contributed by atoms with Gasteiger partial charge in [-0.25, -0.2) is 5.43 Å². The molecule has 1 heterocycles. The van der Waals surface area contributed by atoms with Crippen LogP contribution in [0.25, 0.3) is 10.9 Å². The number of nitrogens with zero attached hydrogens (tertiary/aromatic N) is 2. The molecule has 6 heteroatoms. The Morgan fingerprint density at radius 3 is 2.80 bits per heavy atom. The molecule has 1 aromatic heterocycles. The van der Waals surface area contributed by atoms with E-state index in [2.05, 4.69) is 26.5 Å². The highest BCUT2D eigenvalue weighted by atomic mass is 79.9. The van der Waals surface area contributed by atoms with E-state index in [0.29, 0.717) is 12.3 Å². The summed E-state index contributed by atoms with van der Waals surface area (Å²) in [7, 11) is 1.87. The van der Waals surface area contributed by atoms with Crippen LogP contribution in [0.4, 0.5) is 0 Å². The zero-order valence-electron chi connectivity index (χ0n) is 14.0. The summed E-state index contributed by atoms with van der Waals surface area (Å²) in [6.45, 7) is 2.54. The van der Waals surface area contributed by atoms with Crippen LogP contribution in [0.3, 0.4) is 0 Å².